The zero-order valence-electron chi connectivity index (χ0n) is 9.45. The molecule has 0 aliphatic rings. The lowest BCUT2D eigenvalue weighted by Crippen LogP contribution is -2.15. The minimum absolute atomic E-state index is 0.169. The minimum atomic E-state index is -0.352. The van der Waals surface area contributed by atoms with E-state index in [2.05, 4.69) is 48.8 Å². The van der Waals surface area contributed by atoms with Gasteiger partial charge < -0.3 is 11.1 Å². The van der Waals surface area contributed by atoms with Crippen LogP contribution >= 0.6 is 50.1 Å². The fourth-order valence-corrected chi connectivity index (χ4v) is 2.65. The van der Waals surface area contributed by atoms with Crippen LogP contribution in [0.3, 0.4) is 0 Å². The lowest BCUT2D eigenvalue weighted by molar-refractivity contribution is 0.102. The number of amides is 1. The summed E-state index contributed by atoms with van der Waals surface area (Å²) in [7, 11) is 0. The van der Waals surface area contributed by atoms with E-state index in [1.807, 2.05) is 6.07 Å². The highest BCUT2D eigenvalue weighted by atomic mass is 127. The summed E-state index contributed by atoms with van der Waals surface area (Å²) in [6.07, 6.45) is 1.53. The topological polar surface area (TPSA) is 68.0 Å². The second-order valence-corrected chi connectivity index (χ2v) is 6.23. The van der Waals surface area contributed by atoms with Crippen molar-refractivity contribution in [1.82, 2.24) is 4.98 Å². The van der Waals surface area contributed by atoms with Crippen LogP contribution in [0.4, 0.5) is 11.5 Å². The largest absolute Gasteiger partial charge is 0.383 e. The highest BCUT2D eigenvalue weighted by molar-refractivity contribution is 14.1. The Labute approximate surface area is 137 Å². The summed E-state index contributed by atoms with van der Waals surface area (Å²) in [5.41, 5.74) is 6.51. The maximum absolute atomic E-state index is 12.1. The SMILES string of the molecule is Nc1ncc(Br)cc1C(=O)Nc1ccc(I)cc1Cl. The molecule has 0 aliphatic heterocycles. The van der Waals surface area contributed by atoms with Gasteiger partial charge >= 0.3 is 0 Å². The number of carbonyl (C=O) groups excluding carboxylic acids is 1. The predicted octanol–water partition coefficient (Wildman–Crippen LogP) is 3.94. The lowest BCUT2D eigenvalue weighted by Gasteiger charge is -2.09. The molecule has 0 unspecified atom stereocenters. The van der Waals surface area contributed by atoms with E-state index in [-0.39, 0.29) is 11.7 Å². The highest BCUT2D eigenvalue weighted by Crippen LogP contribution is 2.25. The molecular formula is C12H8BrClIN3O. The van der Waals surface area contributed by atoms with Gasteiger partial charge in [-0.25, -0.2) is 4.98 Å². The van der Waals surface area contributed by atoms with Gasteiger partial charge in [0.25, 0.3) is 5.91 Å². The van der Waals surface area contributed by atoms with Crippen LogP contribution in [0.5, 0.6) is 0 Å². The first kappa shape index (κ1) is 14.5. The number of halogens is 3. The number of hydrogen-bond acceptors (Lipinski definition) is 3. The number of benzene rings is 1. The molecule has 2 aromatic rings. The van der Waals surface area contributed by atoms with Crippen molar-refractivity contribution in [1.29, 1.82) is 0 Å². The predicted molar refractivity (Wildman–Crippen MR) is 88.5 cm³/mol. The van der Waals surface area contributed by atoms with Gasteiger partial charge in [0.2, 0.25) is 0 Å². The third kappa shape index (κ3) is 3.58. The summed E-state index contributed by atoms with van der Waals surface area (Å²) in [5, 5.41) is 3.18. The van der Waals surface area contributed by atoms with Gasteiger partial charge in [-0.05, 0) is 62.8 Å². The third-order valence-electron chi connectivity index (χ3n) is 2.31. The molecule has 0 atom stereocenters. The van der Waals surface area contributed by atoms with E-state index in [1.165, 1.54) is 6.20 Å². The molecule has 1 aromatic carbocycles. The van der Waals surface area contributed by atoms with Crippen LogP contribution in [0.25, 0.3) is 0 Å². The van der Waals surface area contributed by atoms with Crippen molar-refractivity contribution in [3.8, 4) is 0 Å². The van der Waals surface area contributed by atoms with E-state index in [4.69, 9.17) is 17.3 Å². The number of anilines is 2. The number of pyridine rings is 1. The van der Waals surface area contributed by atoms with Crippen molar-refractivity contribution < 1.29 is 4.79 Å². The molecule has 0 aliphatic carbocycles. The van der Waals surface area contributed by atoms with Crippen molar-refractivity contribution in [3.63, 3.8) is 0 Å². The van der Waals surface area contributed by atoms with Crippen molar-refractivity contribution in [3.05, 3.63) is 49.1 Å². The molecule has 0 bridgehead atoms. The molecule has 4 nitrogen and oxygen atoms in total. The smallest absolute Gasteiger partial charge is 0.259 e. The average molecular weight is 452 g/mol. The summed E-state index contributed by atoms with van der Waals surface area (Å²) in [6.45, 7) is 0. The first-order chi connectivity index (χ1) is 8.97. The summed E-state index contributed by atoms with van der Waals surface area (Å²) in [6, 6.07) is 6.96. The van der Waals surface area contributed by atoms with Gasteiger partial charge in [-0.3, -0.25) is 4.79 Å². The number of nitrogens with one attached hydrogen (secondary N) is 1. The monoisotopic (exact) mass is 451 g/mol. The Kier molecular flexibility index (Phi) is 4.64. The Hall–Kier alpha value is -0.860. The second-order valence-electron chi connectivity index (χ2n) is 3.66. The zero-order chi connectivity index (χ0) is 14.0. The van der Waals surface area contributed by atoms with E-state index >= 15 is 0 Å². The van der Waals surface area contributed by atoms with E-state index in [0.29, 0.717) is 20.7 Å². The fraction of sp³-hybridized carbons (Fsp3) is 0. The summed E-state index contributed by atoms with van der Waals surface area (Å²) in [5.74, 6) is -0.184. The van der Waals surface area contributed by atoms with Gasteiger partial charge in [-0.15, -0.1) is 0 Å². The minimum Gasteiger partial charge on any atom is -0.383 e. The summed E-state index contributed by atoms with van der Waals surface area (Å²) >= 11 is 11.4. The van der Waals surface area contributed by atoms with E-state index < -0.39 is 0 Å². The van der Waals surface area contributed by atoms with Crippen LogP contribution in [0.2, 0.25) is 5.02 Å². The van der Waals surface area contributed by atoms with Crippen LogP contribution in [-0.4, -0.2) is 10.9 Å². The summed E-state index contributed by atoms with van der Waals surface area (Å²) < 4.78 is 1.67. The molecule has 2 rings (SSSR count). The van der Waals surface area contributed by atoms with Crippen molar-refractivity contribution >= 4 is 67.5 Å². The van der Waals surface area contributed by atoms with Gasteiger partial charge in [0.1, 0.15) is 5.82 Å². The molecular weight excluding hydrogens is 444 g/mol. The Morgan fingerprint density at radius 2 is 2.16 bits per heavy atom. The van der Waals surface area contributed by atoms with Gasteiger partial charge in [0.15, 0.2) is 0 Å². The van der Waals surface area contributed by atoms with Crippen LogP contribution in [-0.2, 0) is 0 Å². The Balaban J connectivity index is 2.28. The fourth-order valence-electron chi connectivity index (χ4n) is 1.41. The highest BCUT2D eigenvalue weighted by Gasteiger charge is 2.13. The number of aromatic nitrogens is 1. The van der Waals surface area contributed by atoms with Crippen LogP contribution in [0, 0.1) is 3.57 Å². The average Bonchev–Trinajstić information content (AvgIpc) is 2.35. The summed E-state index contributed by atoms with van der Waals surface area (Å²) in [4.78, 5) is 16.0. The zero-order valence-corrected chi connectivity index (χ0v) is 14.0. The maximum atomic E-state index is 12.1. The molecule has 1 aromatic heterocycles. The molecule has 1 amide bonds. The Morgan fingerprint density at radius 1 is 1.42 bits per heavy atom. The van der Waals surface area contributed by atoms with Crippen LogP contribution in [0.15, 0.2) is 34.9 Å². The van der Waals surface area contributed by atoms with E-state index in [9.17, 15) is 4.79 Å². The lowest BCUT2D eigenvalue weighted by atomic mass is 10.2. The molecule has 0 saturated carbocycles. The molecule has 98 valence electrons. The molecule has 0 saturated heterocycles. The molecule has 0 spiro atoms. The van der Waals surface area contributed by atoms with Crippen LogP contribution < -0.4 is 11.1 Å². The first-order valence-electron chi connectivity index (χ1n) is 5.15. The quantitative estimate of drug-likeness (QED) is 0.679. The number of carbonyl (C=O) groups is 1. The molecule has 7 heteroatoms. The standard InChI is InChI=1S/C12H8BrClIN3O/c13-6-3-8(11(16)17-5-6)12(19)18-10-2-1-7(15)4-9(10)14/h1-5H,(H2,16,17)(H,18,19). The van der Waals surface area contributed by atoms with Crippen LogP contribution in [0.1, 0.15) is 10.4 Å². The van der Waals surface area contributed by atoms with Gasteiger partial charge in [0.05, 0.1) is 16.3 Å². The van der Waals surface area contributed by atoms with Crippen molar-refractivity contribution in [2.45, 2.75) is 0 Å². The van der Waals surface area contributed by atoms with Crippen molar-refractivity contribution in [2.24, 2.45) is 0 Å². The molecule has 0 radical (unpaired) electrons. The van der Waals surface area contributed by atoms with Crippen molar-refractivity contribution in [2.75, 3.05) is 11.1 Å². The molecule has 19 heavy (non-hydrogen) atoms. The normalized spacial score (nSPS) is 10.3. The van der Waals surface area contributed by atoms with Gasteiger partial charge in [-0.1, -0.05) is 11.6 Å². The molecule has 0 fully saturated rings. The van der Waals surface area contributed by atoms with E-state index in [0.717, 1.165) is 3.57 Å². The molecule has 1 heterocycles. The van der Waals surface area contributed by atoms with Gasteiger partial charge in [-0.2, -0.15) is 0 Å². The number of nitrogen functional groups attached to an aromatic ring is 1. The van der Waals surface area contributed by atoms with E-state index in [1.54, 1.807) is 18.2 Å². The third-order valence-corrected chi connectivity index (χ3v) is 3.73. The second kappa shape index (κ2) is 6.06. The Morgan fingerprint density at radius 3 is 2.84 bits per heavy atom. The number of nitrogens with zero attached hydrogens (tertiary/aromatic N) is 1. The Bertz CT molecular complexity index is 651. The number of hydrogen-bond donors (Lipinski definition) is 2. The maximum Gasteiger partial charge on any atom is 0.259 e. The number of rotatable bonds is 2. The first-order valence-corrected chi connectivity index (χ1v) is 7.40. The van der Waals surface area contributed by atoms with Gasteiger partial charge in [0, 0.05) is 14.2 Å². The molecule has 3 N–H and O–H groups in total. The number of nitrogens with two attached hydrogens (primary N) is 1.